The van der Waals surface area contributed by atoms with Gasteiger partial charge in [0.1, 0.15) is 0 Å². The van der Waals surface area contributed by atoms with E-state index in [0.29, 0.717) is 24.8 Å². The first kappa shape index (κ1) is 17.1. The van der Waals surface area contributed by atoms with Crippen LogP contribution in [0.5, 0.6) is 0 Å². The number of unbranched alkanes of at least 4 members (excludes halogenated alkanes) is 2. The minimum absolute atomic E-state index is 0.284. The molecule has 0 aromatic rings. The van der Waals surface area contributed by atoms with Gasteiger partial charge in [-0.1, -0.05) is 6.58 Å². The second-order valence-corrected chi connectivity index (χ2v) is 6.70. The van der Waals surface area contributed by atoms with Crippen LogP contribution >= 0.6 is 0 Å². The number of rotatable bonds is 8. The monoisotopic (exact) mass is 277 g/mol. The van der Waals surface area contributed by atoms with E-state index in [-0.39, 0.29) is 6.61 Å². The second kappa shape index (κ2) is 6.89. The van der Waals surface area contributed by atoms with Crippen molar-refractivity contribution >= 4 is 16.1 Å². The number of hydrogen-bond acceptors (Lipinski definition) is 4. The lowest BCUT2D eigenvalue weighted by molar-refractivity contribution is -0.139. The van der Waals surface area contributed by atoms with E-state index < -0.39 is 20.8 Å². The standard InChI is InChI=1S/C12H21O5S/c1-10(2)11(13)17-9-7-5-6-8-12(3,4)18(14,15)16/h8H,1,5-7,9H2,2-4H3,(H,14,15,16). The quantitative estimate of drug-likeness (QED) is 0.318. The average Bonchev–Trinajstić information content (AvgIpc) is 2.20. The maximum absolute atomic E-state index is 11.0. The molecule has 105 valence electrons. The predicted octanol–water partition coefficient (Wildman–Crippen LogP) is 2.15. The Hall–Kier alpha value is -0.880. The van der Waals surface area contributed by atoms with Gasteiger partial charge < -0.3 is 4.74 Å². The predicted molar refractivity (Wildman–Crippen MR) is 69.6 cm³/mol. The molecule has 0 aliphatic carbocycles. The summed E-state index contributed by atoms with van der Waals surface area (Å²) in [7, 11) is -4.07. The lowest BCUT2D eigenvalue weighted by Gasteiger charge is -2.19. The summed E-state index contributed by atoms with van der Waals surface area (Å²) >= 11 is 0. The van der Waals surface area contributed by atoms with Gasteiger partial charge in [0.15, 0.2) is 0 Å². The van der Waals surface area contributed by atoms with Crippen LogP contribution in [0, 0.1) is 6.42 Å². The summed E-state index contributed by atoms with van der Waals surface area (Å²) in [5.74, 6) is -0.419. The molecule has 0 heterocycles. The van der Waals surface area contributed by atoms with Gasteiger partial charge in [0.2, 0.25) is 0 Å². The van der Waals surface area contributed by atoms with Crippen LogP contribution in [0.2, 0.25) is 0 Å². The van der Waals surface area contributed by atoms with Gasteiger partial charge in [0.25, 0.3) is 10.1 Å². The summed E-state index contributed by atoms with van der Waals surface area (Å²) in [5.41, 5.74) is 0.356. The Bertz CT molecular complexity index is 395. The molecule has 5 nitrogen and oxygen atoms in total. The van der Waals surface area contributed by atoms with Crippen molar-refractivity contribution in [3.8, 4) is 0 Å². The minimum Gasteiger partial charge on any atom is -0.462 e. The number of ether oxygens (including phenoxy) is 1. The molecule has 0 saturated heterocycles. The van der Waals surface area contributed by atoms with Crippen molar-refractivity contribution in [3.63, 3.8) is 0 Å². The summed E-state index contributed by atoms with van der Waals surface area (Å²) in [4.78, 5) is 11.0. The van der Waals surface area contributed by atoms with E-state index in [0.717, 1.165) is 0 Å². The maximum Gasteiger partial charge on any atom is 0.333 e. The molecule has 0 aliphatic heterocycles. The molecular formula is C12H21O5S. The molecule has 0 aromatic heterocycles. The van der Waals surface area contributed by atoms with Crippen LogP contribution in [0.15, 0.2) is 12.2 Å². The zero-order valence-corrected chi connectivity index (χ0v) is 11.9. The zero-order valence-electron chi connectivity index (χ0n) is 11.1. The number of esters is 1. The van der Waals surface area contributed by atoms with Gasteiger partial charge >= 0.3 is 5.97 Å². The summed E-state index contributed by atoms with van der Waals surface area (Å²) in [5, 5.41) is 0. The Morgan fingerprint density at radius 1 is 1.39 bits per heavy atom. The Morgan fingerprint density at radius 2 is 1.94 bits per heavy atom. The number of hydrogen-bond donors (Lipinski definition) is 1. The summed E-state index contributed by atoms with van der Waals surface area (Å²) in [6.45, 7) is 8.18. The van der Waals surface area contributed by atoms with Crippen LogP contribution in [0.4, 0.5) is 0 Å². The lowest BCUT2D eigenvalue weighted by Crippen LogP contribution is -2.31. The summed E-state index contributed by atoms with van der Waals surface area (Å²) in [6.07, 6.45) is 3.39. The Kier molecular flexibility index (Phi) is 6.56. The van der Waals surface area contributed by atoms with Crippen LogP contribution in [-0.2, 0) is 19.6 Å². The van der Waals surface area contributed by atoms with E-state index in [1.165, 1.54) is 13.8 Å². The van der Waals surface area contributed by atoms with E-state index in [1.807, 2.05) is 0 Å². The van der Waals surface area contributed by atoms with E-state index in [4.69, 9.17) is 9.29 Å². The third-order valence-electron chi connectivity index (χ3n) is 2.48. The maximum atomic E-state index is 11.0. The van der Waals surface area contributed by atoms with E-state index in [1.54, 1.807) is 13.3 Å². The van der Waals surface area contributed by atoms with Gasteiger partial charge in [0, 0.05) is 5.57 Å². The molecule has 0 spiro atoms. The molecule has 1 radical (unpaired) electrons. The summed E-state index contributed by atoms with van der Waals surface area (Å²) in [6, 6.07) is 0. The van der Waals surface area contributed by atoms with Crippen LogP contribution in [0.3, 0.4) is 0 Å². The Balaban J connectivity index is 3.77. The minimum atomic E-state index is -4.07. The molecule has 0 unspecified atom stereocenters. The third kappa shape index (κ3) is 6.16. The van der Waals surface area contributed by atoms with E-state index in [9.17, 15) is 13.2 Å². The highest BCUT2D eigenvalue weighted by molar-refractivity contribution is 7.87. The first-order valence-electron chi connectivity index (χ1n) is 5.72. The van der Waals surface area contributed by atoms with Gasteiger partial charge in [-0.05, 0) is 46.5 Å². The van der Waals surface area contributed by atoms with Crippen LogP contribution in [-0.4, -0.2) is 30.3 Å². The lowest BCUT2D eigenvalue weighted by atomic mass is 10.0. The second-order valence-electron chi connectivity index (χ2n) is 4.69. The van der Waals surface area contributed by atoms with Crippen molar-refractivity contribution in [1.29, 1.82) is 0 Å². The highest BCUT2D eigenvalue weighted by Gasteiger charge is 2.31. The zero-order chi connectivity index (χ0) is 14.4. The van der Waals surface area contributed by atoms with Crippen LogP contribution in [0.1, 0.15) is 40.0 Å². The fourth-order valence-electron chi connectivity index (χ4n) is 1.09. The molecule has 0 fully saturated rings. The molecule has 0 aliphatic rings. The van der Waals surface area contributed by atoms with Crippen LogP contribution < -0.4 is 0 Å². The smallest absolute Gasteiger partial charge is 0.333 e. The topological polar surface area (TPSA) is 80.7 Å². The van der Waals surface area contributed by atoms with E-state index in [2.05, 4.69) is 6.58 Å². The molecule has 18 heavy (non-hydrogen) atoms. The van der Waals surface area contributed by atoms with Crippen molar-refractivity contribution in [1.82, 2.24) is 0 Å². The molecule has 0 bridgehead atoms. The molecular weight excluding hydrogens is 256 g/mol. The van der Waals surface area contributed by atoms with E-state index >= 15 is 0 Å². The van der Waals surface area contributed by atoms with Gasteiger partial charge in [-0.15, -0.1) is 0 Å². The first-order valence-corrected chi connectivity index (χ1v) is 7.16. The first-order chi connectivity index (χ1) is 8.08. The van der Waals surface area contributed by atoms with Crippen LogP contribution in [0.25, 0.3) is 0 Å². The molecule has 6 heteroatoms. The Labute approximate surface area is 109 Å². The van der Waals surface area contributed by atoms with Crippen molar-refractivity contribution in [3.05, 3.63) is 18.6 Å². The third-order valence-corrected chi connectivity index (χ3v) is 3.98. The molecule has 1 N–H and O–H groups in total. The fraction of sp³-hybridized carbons (Fsp3) is 0.667. The molecule has 0 amide bonds. The number of carbonyl (C=O) groups is 1. The summed E-state index contributed by atoms with van der Waals surface area (Å²) < 4.78 is 34.5. The van der Waals surface area contributed by atoms with Gasteiger partial charge in [-0.2, -0.15) is 8.42 Å². The normalized spacial score (nSPS) is 12.2. The highest BCUT2D eigenvalue weighted by atomic mass is 32.2. The average molecular weight is 277 g/mol. The van der Waals surface area contributed by atoms with Crippen molar-refractivity contribution in [2.24, 2.45) is 0 Å². The molecule has 0 rings (SSSR count). The van der Waals surface area contributed by atoms with Crippen molar-refractivity contribution in [2.75, 3.05) is 6.61 Å². The van der Waals surface area contributed by atoms with Gasteiger partial charge in [-0.25, -0.2) is 4.79 Å². The molecule has 0 saturated carbocycles. The largest absolute Gasteiger partial charge is 0.462 e. The van der Waals surface area contributed by atoms with Crippen molar-refractivity contribution < 1.29 is 22.5 Å². The van der Waals surface area contributed by atoms with Crippen molar-refractivity contribution in [2.45, 2.75) is 44.8 Å². The SMILES string of the molecule is C=C(C)C(=O)OCCCC[CH]C(C)(C)S(=O)(=O)O. The Morgan fingerprint density at radius 3 is 2.39 bits per heavy atom. The van der Waals surface area contributed by atoms with Gasteiger partial charge in [0.05, 0.1) is 11.4 Å². The number of carbonyl (C=O) groups excluding carboxylic acids is 1. The fourth-order valence-corrected chi connectivity index (χ4v) is 1.42. The molecule has 0 aromatic carbocycles. The van der Waals surface area contributed by atoms with Gasteiger partial charge in [-0.3, -0.25) is 4.55 Å². The molecule has 0 atom stereocenters. The highest BCUT2D eigenvalue weighted by Crippen LogP contribution is 2.21.